The number of fused-ring (bicyclic) bond motifs is 1. The fraction of sp³-hybridized carbons (Fsp3) is 0.200. The summed E-state index contributed by atoms with van der Waals surface area (Å²) in [6, 6.07) is 7.54. The third-order valence-corrected chi connectivity index (χ3v) is 3.71. The topological polar surface area (TPSA) is 86.1 Å². The Kier molecular flexibility index (Phi) is 3.23. The number of para-hydroxylation sites is 1. The second-order valence-corrected chi connectivity index (χ2v) is 4.92. The second-order valence-electron chi connectivity index (χ2n) is 4.92. The molecule has 2 aromatic heterocycles. The normalized spacial score (nSPS) is 11.0. The van der Waals surface area contributed by atoms with Gasteiger partial charge in [0.2, 0.25) is 0 Å². The van der Waals surface area contributed by atoms with Gasteiger partial charge >= 0.3 is 5.91 Å². The van der Waals surface area contributed by atoms with Crippen LogP contribution in [0.2, 0.25) is 0 Å². The van der Waals surface area contributed by atoms with Crippen LogP contribution in [0.5, 0.6) is 0 Å². The van der Waals surface area contributed by atoms with Crippen LogP contribution in [0.15, 0.2) is 35.0 Å². The maximum Gasteiger partial charge on any atom is 0.301 e. The Morgan fingerprint density at radius 1 is 1.38 bits per heavy atom. The minimum atomic E-state index is -0.435. The number of nitrogen functional groups attached to an aromatic ring is 1. The Hall–Kier alpha value is -2.60. The Morgan fingerprint density at radius 3 is 2.81 bits per heavy atom. The summed E-state index contributed by atoms with van der Waals surface area (Å²) in [7, 11) is 0. The Balaban J connectivity index is 2.15. The van der Waals surface area contributed by atoms with Crippen LogP contribution in [0.1, 0.15) is 27.5 Å². The maximum atomic E-state index is 11.9. The van der Waals surface area contributed by atoms with Crippen LogP contribution in [0, 0.1) is 13.8 Å². The van der Waals surface area contributed by atoms with E-state index < -0.39 is 5.91 Å². The van der Waals surface area contributed by atoms with Crippen molar-refractivity contribution in [3.8, 4) is 0 Å². The van der Waals surface area contributed by atoms with Crippen LogP contribution < -0.4 is 11.3 Å². The van der Waals surface area contributed by atoms with Crippen LogP contribution in [0.4, 0.5) is 0 Å². The van der Waals surface area contributed by atoms with Crippen molar-refractivity contribution in [3.05, 3.63) is 53.3 Å². The first kappa shape index (κ1) is 13.4. The van der Waals surface area contributed by atoms with Crippen LogP contribution in [-0.2, 0) is 6.54 Å². The van der Waals surface area contributed by atoms with Crippen LogP contribution >= 0.6 is 0 Å². The number of furan rings is 1. The molecule has 0 atom stereocenters. The molecule has 0 bridgehead atoms. The van der Waals surface area contributed by atoms with Crippen LogP contribution in [-0.4, -0.2) is 15.5 Å². The molecule has 0 radical (unpaired) electrons. The zero-order valence-electron chi connectivity index (χ0n) is 11.9. The van der Waals surface area contributed by atoms with Gasteiger partial charge in [-0.2, -0.15) is 0 Å². The van der Waals surface area contributed by atoms with E-state index in [2.05, 4.69) is 10.4 Å². The van der Waals surface area contributed by atoms with Crippen LogP contribution in [0.3, 0.4) is 0 Å². The molecule has 108 valence electrons. The molecule has 0 fully saturated rings. The minimum absolute atomic E-state index is 0.240. The van der Waals surface area contributed by atoms with Gasteiger partial charge in [-0.25, -0.2) is 10.8 Å². The number of aryl methyl sites for hydroxylation is 1. The Morgan fingerprint density at radius 2 is 2.14 bits per heavy atom. The quantitative estimate of drug-likeness (QED) is 0.437. The van der Waals surface area contributed by atoms with Crippen molar-refractivity contribution >= 4 is 16.9 Å². The van der Waals surface area contributed by atoms with Gasteiger partial charge in [-0.15, -0.1) is 0 Å². The first-order valence-electron chi connectivity index (χ1n) is 6.61. The lowest BCUT2D eigenvalue weighted by atomic mass is 10.1. The highest BCUT2D eigenvalue weighted by molar-refractivity contribution is 5.98. The first-order chi connectivity index (χ1) is 10.1. The number of nitrogens with zero attached hydrogens (tertiary/aromatic N) is 2. The lowest BCUT2D eigenvalue weighted by Gasteiger charge is -2.06. The number of hydrogen-bond acceptors (Lipinski definition) is 4. The summed E-state index contributed by atoms with van der Waals surface area (Å²) in [5.74, 6) is 5.05. The average molecular weight is 284 g/mol. The monoisotopic (exact) mass is 284 g/mol. The lowest BCUT2D eigenvalue weighted by Crippen LogP contribution is -2.30. The van der Waals surface area contributed by atoms with E-state index in [1.54, 1.807) is 6.33 Å². The van der Waals surface area contributed by atoms with Crippen molar-refractivity contribution in [1.29, 1.82) is 0 Å². The van der Waals surface area contributed by atoms with E-state index in [0.717, 1.165) is 22.3 Å². The molecule has 0 aliphatic rings. The average Bonchev–Trinajstić information content (AvgIpc) is 3.02. The lowest BCUT2D eigenvalue weighted by molar-refractivity contribution is 0.0926. The van der Waals surface area contributed by atoms with Gasteiger partial charge in [0.05, 0.1) is 18.6 Å². The van der Waals surface area contributed by atoms with E-state index in [1.165, 1.54) is 0 Å². The molecule has 1 amide bonds. The predicted molar refractivity (Wildman–Crippen MR) is 78.7 cm³/mol. The first-order valence-corrected chi connectivity index (χ1v) is 6.61. The van der Waals surface area contributed by atoms with E-state index in [4.69, 9.17) is 10.3 Å². The van der Waals surface area contributed by atoms with Gasteiger partial charge in [0.25, 0.3) is 0 Å². The highest BCUT2D eigenvalue weighted by atomic mass is 16.3. The molecule has 3 rings (SSSR count). The van der Waals surface area contributed by atoms with Crippen molar-refractivity contribution in [2.75, 3.05) is 0 Å². The highest BCUT2D eigenvalue weighted by Crippen LogP contribution is 2.27. The molecule has 0 saturated carbocycles. The summed E-state index contributed by atoms with van der Waals surface area (Å²) in [6.07, 6.45) is 1.76. The zero-order valence-corrected chi connectivity index (χ0v) is 11.9. The molecule has 2 heterocycles. The van der Waals surface area contributed by atoms with E-state index in [-0.39, 0.29) is 5.76 Å². The number of hydrazine groups is 1. The molecule has 0 aliphatic heterocycles. The summed E-state index contributed by atoms with van der Waals surface area (Å²) in [5, 5.41) is 0.904. The summed E-state index contributed by atoms with van der Waals surface area (Å²) >= 11 is 0. The number of hydrogen-bond donors (Lipinski definition) is 2. The fourth-order valence-electron chi connectivity index (χ4n) is 2.38. The SMILES string of the molecule is Cc1ncn(Cc2c(C(=O)NN)oc3ccccc23)c1C. The number of carbonyl (C=O) groups excluding carboxylic acids is 1. The molecule has 3 N–H and O–H groups in total. The molecular weight excluding hydrogens is 268 g/mol. The third-order valence-electron chi connectivity index (χ3n) is 3.71. The molecule has 0 saturated heterocycles. The number of aromatic nitrogens is 2. The van der Waals surface area contributed by atoms with Crippen molar-refractivity contribution in [2.24, 2.45) is 5.84 Å². The maximum absolute atomic E-state index is 11.9. The molecule has 6 nitrogen and oxygen atoms in total. The summed E-state index contributed by atoms with van der Waals surface area (Å²) < 4.78 is 7.63. The molecule has 0 aliphatic carbocycles. The van der Waals surface area contributed by atoms with Crippen molar-refractivity contribution in [1.82, 2.24) is 15.0 Å². The molecular formula is C15H16N4O2. The minimum Gasteiger partial charge on any atom is -0.450 e. The fourth-order valence-corrected chi connectivity index (χ4v) is 2.38. The van der Waals surface area contributed by atoms with Crippen molar-refractivity contribution in [2.45, 2.75) is 20.4 Å². The van der Waals surface area contributed by atoms with Crippen molar-refractivity contribution in [3.63, 3.8) is 0 Å². The summed E-state index contributed by atoms with van der Waals surface area (Å²) in [6.45, 7) is 4.45. The molecule has 1 aromatic carbocycles. The smallest absolute Gasteiger partial charge is 0.301 e. The number of imidazole rings is 1. The number of nitrogens with one attached hydrogen (secondary N) is 1. The largest absolute Gasteiger partial charge is 0.450 e. The van der Waals surface area contributed by atoms with Crippen LogP contribution in [0.25, 0.3) is 11.0 Å². The highest BCUT2D eigenvalue weighted by Gasteiger charge is 2.20. The predicted octanol–water partition coefficient (Wildman–Crippen LogP) is 1.90. The van der Waals surface area contributed by atoms with Gasteiger partial charge in [0, 0.05) is 16.6 Å². The van der Waals surface area contributed by atoms with Gasteiger partial charge in [0.15, 0.2) is 5.76 Å². The number of benzene rings is 1. The molecule has 0 unspecified atom stereocenters. The van der Waals surface area contributed by atoms with E-state index in [1.807, 2.05) is 42.7 Å². The van der Waals surface area contributed by atoms with Gasteiger partial charge in [-0.1, -0.05) is 18.2 Å². The Labute approximate surface area is 121 Å². The van der Waals surface area contributed by atoms with Crippen molar-refractivity contribution < 1.29 is 9.21 Å². The van der Waals surface area contributed by atoms with E-state index >= 15 is 0 Å². The van der Waals surface area contributed by atoms with Gasteiger partial charge in [0.1, 0.15) is 5.58 Å². The number of rotatable bonds is 3. The second kappa shape index (κ2) is 5.06. The standard InChI is InChI=1S/C15H16N4O2/c1-9-10(2)19(8-17-9)7-12-11-5-3-4-6-13(11)21-14(12)15(20)18-16/h3-6,8H,7,16H2,1-2H3,(H,18,20). The molecule has 3 aromatic rings. The van der Waals surface area contributed by atoms with Gasteiger partial charge < -0.3 is 8.98 Å². The number of nitrogens with two attached hydrogens (primary N) is 1. The number of amides is 1. The Bertz CT molecular complexity index is 816. The van der Waals surface area contributed by atoms with E-state index in [0.29, 0.717) is 12.1 Å². The van der Waals surface area contributed by atoms with Gasteiger partial charge in [-0.05, 0) is 19.9 Å². The summed E-state index contributed by atoms with van der Waals surface area (Å²) in [5.41, 5.74) is 5.62. The van der Waals surface area contributed by atoms with E-state index in [9.17, 15) is 4.79 Å². The number of carbonyl (C=O) groups is 1. The van der Waals surface area contributed by atoms with Gasteiger partial charge in [-0.3, -0.25) is 10.2 Å². The molecule has 21 heavy (non-hydrogen) atoms. The third kappa shape index (κ3) is 2.19. The zero-order chi connectivity index (χ0) is 15.0. The summed E-state index contributed by atoms with van der Waals surface area (Å²) in [4.78, 5) is 16.2. The molecule has 0 spiro atoms. The molecule has 6 heteroatoms.